The molecule has 0 unspecified atom stereocenters. The molecule has 0 aliphatic rings. The first-order chi connectivity index (χ1) is 7.75. The molecule has 0 aromatic heterocycles. The molecule has 0 atom stereocenters. The topological polar surface area (TPSA) is 26.3 Å². The van der Waals surface area contributed by atoms with Crippen LogP contribution in [0.25, 0.3) is 0 Å². The Hall–Kier alpha value is -2.09. The second-order valence-electron chi connectivity index (χ2n) is 3.57. The van der Waals surface area contributed by atoms with Gasteiger partial charge in [-0.15, -0.1) is 0 Å². The lowest BCUT2D eigenvalue weighted by atomic mass is 10.1. The van der Waals surface area contributed by atoms with Crippen LogP contribution in [0.2, 0.25) is 0 Å². The fourth-order valence-electron chi connectivity index (χ4n) is 1.43. The number of para-hydroxylation sites is 1. The molecule has 80 valence electrons. The quantitative estimate of drug-likeness (QED) is 0.564. The molecule has 0 saturated carbocycles. The lowest BCUT2D eigenvalue weighted by Crippen LogP contribution is -2.08. The highest BCUT2D eigenvalue weighted by Gasteiger charge is 2.07. The van der Waals surface area contributed by atoms with Gasteiger partial charge in [0.15, 0.2) is 0 Å². The Morgan fingerprint density at radius 2 is 1.75 bits per heavy atom. The molecule has 16 heavy (non-hydrogen) atoms. The summed E-state index contributed by atoms with van der Waals surface area (Å²) in [5, 5.41) is 0. The van der Waals surface area contributed by atoms with E-state index in [2.05, 4.69) is 0 Å². The average molecular weight is 212 g/mol. The summed E-state index contributed by atoms with van der Waals surface area (Å²) in [4.78, 5) is 11.7. The molecule has 2 aromatic carbocycles. The minimum atomic E-state index is -0.324. The van der Waals surface area contributed by atoms with Gasteiger partial charge in [0.2, 0.25) is 0 Å². The van der Waals surface area contributed by atoms with Gasteiger partial charge in [0.25, 0.3) is 0 Å². The Morgan fingerprint density at radius 3 is 2.44 bits per heavy atom. The zero-order valence-electron chi connectivity index (χ0n) is 9.01. The molecule has 0 amide bonds. The van der Waals surface area contributed by atoms with Crippen LogP contribution in [0, 0.1) is 6.92 Å². The SMILES string of the molecule is Cc1cccc(C(=O)Oc2ccccc2)c1. The summed E-state index contributed by atoms with van der Waals surface area (Å²) in [6.45, 7) is 1.94. The van der Waals surface area contributed by atoms with E-state index in [-0.39, 0.29) is 5.97 Å². The zero-order chi connectivity index (χ0) is 11.4. The molecule has 0 radical (unpaired) electrons. The molecule has 0 bridgehead atoms. The first-order valence-electron chi connectivity index (χ1n) is 5.09. The number of ether oxygens (including phenoxy) is 1. The second kappa shape index (κ2) is 4.62. The van der Waals surface area contributed by atoms with Crippen molar-refractivity contribution in [2.24, 2.45) is 0 Å². The van der Waals surface area contributed by atoms with E-state index in [4.69, 9.17) is 4.74 Å². The van der Waals surface area contributed by atoms with Crippen molar-refractivity contribution in [1.29, 1.82) is 0 Å². The Labute approximate surface area is 94.5 Å². The highest BCUT2D eigenvalue weighted by atomic mass is 16.5. The molecule has 0 fully saturated rings. The molecule has 0 heterocycles. The number of aryl methyl sites for hydroxylation is 1. The minimum absolute atomic E-state index is 0.324. The van der Waals surface area contributed by atoms with E-state index in [0.29, 0.717) is 11.3 Å². The Balaban J connectivity index is 2.15. The maximum absolute atomic E-state index is 11.7. The van der Waals surface area contributed by atoms with Gasteiger partial charge in [0, 0.05) is 0 Å². The highest BCUT2D eigenvalue weighted by Crippen LogP contribution is 2.12. The standard InChI is InChI=1S/C14H12O2/c1-11-6-5-7-12(10-11)14(15)16-13-8-3-2-4-9-13/h2-10H,1H3. The van der Waals surface area contributed by atoms with Crippen molar-refractivity contribution in [3.05, 3.63) is 65.7 Å². The van der Waals surface area contributed by atoms with Crippen LogP contribution in [-0.2, 0) is 0 Å². The predicted molar refractivity (Wildman–Crippen MR) is 62.6 cm³/mol. The number of rotatable bonds is 2. The van der Waals surface area contributed by atoms with Gasteiger partial charge in [-0.1, -0.05) is 35.9 Å². The van der Waals surface area contributed by atoms with Crippen molar-refractivity contribution in [1.82, 2.24) is 0 Å². The molecule has 0 aliphatic carbocycles. The smallest absolute Gasteiger partial charge is 0.343 e. The fourth-order valence-corrected chi connectivity index (χ4v) is 1.43. The van der Waals surface area contributed by atoms with Crippen molar-refractivity contribution < 1.29 is 9.53 Å². The number of carbonyl (C=O) groups excluding carboxylic acids is 1. The number of benzene rings is 2. The van der Waals surface area contributed by atoms with Crippen LogP contribution >= 0.6 is 0 Å². The number of hydrogen-bond acceptors (Lipinski definition) is 2. The summed E-state index contributed by atoms with van der Waals surface area (Å²) >= 11 is 0. The number of hydrogen-bond donors (Lipinski definition) is 0. The molecule has 2 rings (SSSR count). The predicted octanol–water partition coefficient (Wildman–Crippen LogP) is 3.21. The zero-order valence-corrected chi connectivity index (χ0v) is 9.01. The van der Waals surface area contributed by atoms with E-state index >= 15 is 0 Å². The summed E-state index contributed by atoms with van der Waals surface area (Å²) in [6, 6.07) is 16.4. The third kappa shape index (κ3) is 2.48. The van der Waals surface area contributed by atoms with Crippen molar-refractivity contribution >= 4 is 5.97 Å². The molecule has 0 saturated heterocycles. The van der Waals surface area contributed by atoms with Crippen LogP contribution < -0.4 is 4.74 Å². The third-order valence-corrected chi connectivity index (χ3v) is 2.21. The van der Waals surface area contributed by atoms with E-state index in [1.807, 2.05) is 43.3 Å². The van der Waals surface area contributed by atoms with Gasteiger partial charge >= 0.3 is 5.97 Å². The fraction of sp³-hybridized carbons (Fsp3) is 0.0714. The second-order valence-corrected chi connectivity index (χ2v) is 3.57. The van der Waals surface area contributed by atoms with Crippen molar-refractivity contribution in [2.75, 3.05) is 0 Å². The van der Waals surface area contributed by atoms with Crippen LogP contribution in [0.4, 0.5) is 0 Å². The minimum Gasteiger partial charge on any atom is -0.423 e. The molecule has 0 aliphatic heterocycles. The van der Waals surface area contributed by atoms with E-state index in [1.165, 1.54) is 0 Å². The van der Waals surface area contributed by atoms with Crippen LogP contribution in [0.1, 0.15) is 15.9 Å². The largest absolute Gasteiger partial charge is 0.423 e. The van der Waals surface area contributed by atoms with Gasteiger partial charge < -0.3 is 4.74 Å². The maximum Gasteiger partial charge on any atom is 0.343 e. The van der Waals surface area contributed by atoms with E-state index in [9.17, 15) is 4.79 Å². The maximum atomic E-state index is 11.7. The van der Waals surface area contributed by atoms with Gasteiger partial charge in [0.1, 0.15) is 5.75 Å². The molecule has 2 heteroatoms. The van der Waals surface area contributed by atoms with Crippen LogP contribution in [0.3, 0.4) is 0 Å². The van der Waals surface area contributed by atoms with Gasteiger partial charge in [-0.25, -0.2) is 4.79 Å². The summed E-state index contributed by atoms with van der Waals surface area (Å²) < 4.78 is 5.22. The lowest BCUT2D eigenvalue weighted by Gasteiger charge is -2.04. The van der Waals surface area contributed by atoms with Crippen molar-refractivity contribution in [3.8, 4) is 5.75 Å². The summed E-state index contributed by atoms with van der Waals surface area (Å²) in [7, 11) is 0. The molecular formula is C14H12O2. The van der Waals surface area contributed by atoms with E-state index in [1.54, 1.807) is 18.2 Å². The first-order valence-corrected chi connectivity index (χ1v) is 5.09. The molecule has 0 N–H and O–H groups in total. The lowest BCUT2D eigenvalue weighted by molar-refractivity contribution is 0.0734. The van der Waals surface area contributed by atoms with Gasteiger partial charge in [-0.05, 0) is 31.2 Å². The van der Waals surface area contributed by atoms with Gasteiger partial charge in [-0.2, -0.15) is 0 Å². The van der Waals surface area contributed by atoms with Crippen LogP contribution in [-0.4, -0.2) is 5.97 Å². The Morgan fingerprint density at radius 1 is 1.00 bits per heavy atom. The van der Waals surface area contributed by atoms with E-state index < -0.39 is 0 Å². The van der Waals surface area contributed by atoms with Gasteiger partial charge in [0.05, 0.1) is 5.56 Å². The van der Waals surface area contributed by atoms with E-state index in [0.717, 1.165) is 5.56 Å². The molecule has 2 nitrogen and oxygen atoms in total. The third-order valence-electron chi connectivity index (χ3n) is 2.21. The number of carbonyl (C=O) groups is 1. The summed E-state index contributed by atoms with van der Waals surface area (Å²) in [5.74, 6) is 0.240. The Bertz CT molecular complexity index is 489. The number of esters is 1. The molecule has 0 spiro atoms. The summed E-state index contributed by atoms with van der Waals surface area (Å²) in [6.07, 6.45) is 0. The molecule has 2 aromatic rings. The average Bonchev–Trinajstić information content (AvgIpc) is 2.30. The van der Waals surface area contributed by atoms with Crippen LogP contribution in [0.15, 0.2) is 54.6 Å². The van der Waals surface area contributed by atoms with Crippen LogP contribution in [0.5, 0.6) is 5.75 Å². The monoisotopic (exact) mass is 212 g/mol. The van der Waals surface area contributed by atoms with Crippen molar-refractivity contribution in [2.45, 2.75) is 6.92 Å². The van der Waals surface area contributed by atoms with Crippen molar-refractivity contribution in [3.63, 3.8) is 0 Å². The summed E-state index contributed by atoms with van der Waals surface area (Å²) in [5.41, 5.74) is 1.62. The van der Waals surface area contributed by atoms with Gasteiger partial charge in [-0.3, -0.25) is 0 Å². The normalized spacial score (nSPS) is 9.81. The molecular weight excluding hydrogens is 200 g/mol. The first kappa shape index (κ1) is 10.4. The highest BCUT2D eigenvalue weighted by molar-refractivity contribution is 5.91. The Kier molecular flexibility index (Phi) is 3.01.